The third kappa shape index (κ3) is 2.94. The maximum absolute atomic E-state index is 13.2. The van der Waals surface area contributed by atoms with Crippen LogP contribution in [-0.4, -0.2) is 70.6 Å². The highest BCUT2D eigenvalue weighted by atomic mass is 16.2. The lowest BCUT2D eigenvalue weighted by molar-refractivity contribution is -0.121. The summed E-state index contributed by atoms with van der Waals surface area (Å²) in [6, 6.07) is 0. The minimum Gasteiger partial charge on any atom is -0.356 e. The lowest BCUT2D eigenvalue weighted by atomic mass is 9.86. The van der Waals surface area contributed by atoms with Crippen LogP contribution in [0.3, 0.4) is 0 Å². The maximum Gasteiger partial charge on any atom is 0.274 e. The van der Waals surface area contributed by atoms with E-state index in [2.05, 4.69) is 27.5 Å². The van der Waals surface area contributed by atoms with Crippen LogP contribution in [0.4, 0.5) is 0 Å². The topological polar surface area (TPSA) is 81.3 Å². The number of aromatic amines is 1. The summed E-state index contributed by atoms with van der Waals surface area (Å²) in [5.41, 5.74) is 2.78. The van der Waals surface area contributed by atoms with Crippen LogP contribution in [0.15, 0.2) is 0 Å². The average Bonchev–Trinajstić information content (AvgIpc) is 2.96. The Morgan fingerprint density at radius 2 is 2.00 bits per heavy atom. The monoisotopic (exact) mass is 345 g/mol. The Labute approximate surface area is 148 Å². The van der Waals surface area contributed by atoms with Gasteiger partial charge < -0.3 is 10.2 Å². The highest BCUT2D eigenvalue weighted by molar-refractivity contribution is 5.94. The van der Waals surface area contributed by atoms with Crippen LogP contribution < -0.4 is 5.32 Å². The van der Waals surface area contributed by atoms with Crippen molar-refractivity contribution in [3.63, 3.8) is 0 Å². The van der Waals surface area contributed by atoms with E-state index in [0.717, 1.165) is 56.5 Å². The van der Waals surface area contributed by atoms with E-state index < -0.39 is 0 Å². The van der Waals surface area contributed by atoms with Gasteiger partial charge in [0.2, 0.25) is 5.91 Å². The second-order valence-corrected chi connectivity index (χ2v) is 7.71. The molecule has 1 aromatic heterocycles. The summed E-state index contributed by atoms with van der Waals surface area (Å²) in [5.74, 6) is 0.172. The quantitative estimate of drug-likeness (QED) is 0.786. The number of fused-ring (bicyclic) bond motifs is 1. The third-order valence-electron chi connectivity index (χ3n) is 6.28. The molecule has 2 N–H and O–H groups in total. The molecule has 1 aliphatic carbocycles. The molecule has 0 aromatic carbocycles. The Balaban J connectivity index is 1.55. The Bertz CT molecular complexity index is 685. The van der Waals surface area contributed by atoms with Crippen LogP contribution in [-0.2, 0) is 17.6 Å². The molecule has 0 saturated carbocycles. The van der Waals surface area contributed by atoms with Gasteiger partial charge in [-0.05, 0) is 45.6 Å². The summed E-state index contributed by atoms with van der Waals surface area (Å²) < 4.78 is 0. The summed E-state index contributed by atoms with van der Waals surface area (Å²) in [6.45, 7) is 2.93. The summed E-state index contributed by atoms with van der Waals surface area (Å²) in [6.07, 6.45) is 6.47. The number of rotatable bonds is 1. The molecule has 0 bridgehead atoms. The number of hydrogen-bond donors (Lipinski definition) is 2. The molecule has 7 heteroatoms. The molecule has 2 saturated heterocycles. The molecule has 4 rings (SSSR count). The van der Waals surface area contributed by atoms with Gasteiger partial charge in [0, 0.05) is 49.4 Å². The smallest absolute Gasteiger partial charge is 0.274 e. The van der Waals surface area contributed by atoms with Crippen LogP contribution in [0.25, 0.3) is 0 Å². The number of aromatic nitrogens is 2. The Kier molecular flexibility index (Phi) is 4.27. The fourth-order valence-corrected chi connectivity index (χ4v) is 4.58. The van der Waals surface area contributed by atoms with Crippen molar-refractivity contribution >= 4 is 11.8 Å². The van der Waals surface area contributed by atoms with Crippen molar-refractivity contribution in [2.45, 2.75) is 50.5 Å². The van der Waals surface area contributed by atoms with E-state index in [1.165, 1.54) is 6.42 Å². The van der Waals surface area contributed by atoms with Crippen molar-refractivity contribution in [3.8, 4) is 0 Å². The van der Waals surface area contributed by atoms with Gasteiger partial charge in [0.25, 0.3) is 5.91 Å². The molecule has 1 unspecified atom stereocenters. The molecule has 25 heavy (non-hydrogen) atoms. The summed E-state index contributed by atoms with van der Waals surface area (Å²) in [5, 5.41) is 10.4. The number of piperazine rings is 1. The molecular formula is C18H27N5O2. The Hall–Kier alpha value is -1.89. The zero-order valence-corrected chi connectivity index (χ0v) is 14.9. The molecule has 3 heterocycles. The van der Waals surface area contributed by atoms with Crippen LogP contribution in [0.1, 0.15) is 53.8 Å². The molecule has 136 valence electrons. The predicted octanol–water partition coefficient (Wildman–Crippen LogP) is 0.715. The second-order valence-electron chi connectivity index (χ2n) is 7.71. The van der Waals surface area contributed by atoms with Gasteiger partial charge in [-0.2, -0.15) is 5.10 Å². The van der Waals surface area contributed by atoms with Gasteiger partial charge >= 0.3 is 0 Å². The first-order valence-electron chi connectivity index (χ1n) is 9.42. The van der Waals surface area contributed by atoms with Crippen LogP contribution in [0, 0.1) is 0 Å². The van der Waals surface area contributed by atoms with E-state index >= 15 is 0 Å². The first-order valence-corrected chi connectivity index (χ1v) is 9.42. The molecule has 0 radical (unpaired) electrons. The van der Waals surface area contributed by atoms with Crippen molar-refractivity contribution in [1.29, 1.82) is 0 Å². The van der Waals surface area contributed by atoms with Crippen molar-refractivity contribution in [3.05, 3.63) is 17.0 Å². The van der Waals surface area contributed by atoms with Crippen molar-refractivity contribution in [2.75, 3.05) is 33.2 Å². The minimum atomic E-state index is -0.108. The van der Waals surface area contributed by atoms with Gasteiger partial charge in [-0.3, -0.25) is 19.6 Å². The highest BCUT2D eigenvalue weighted by Crippen LogP contribution is 2.31. The fraction of sp³-hybridized carbons (Fsp3) is 0.722. The van der Waals surface area contributed by atoms with E-state index in [0.29, 0.717) is 25.2 Å². The van der Waals surface area contributed by atoms with Crippen molar-refractivity contribution in [1.82, 2.24) is 25.3 Å². The van der Waals surface area contributed by atoms with E-state index in [1.807, 2.05) is 4.90 Å². The molecule has 1 atom stereocenters. The molecule has 1 aromatic rings. The number of carbonyl (C=O) groups is 2. The largest absolute Gasteiger partial charge is 0.356 e. The number of nitrogens with one attached hydrogen (secondary N) is 2. The lowest BCUT2D eigenvalue weighted by Crippen LogP contribution is -2.62. The Morgan fingerprint density at radius 1 is 1.16 bits per heavy atom. The average molecular weight is 345 g/mol. The number of amides is 2. The van der Waals surface area contributed by atoms with Crippen LogP contribution in [0.5, 0.6) is 0 Å². The molecule has 2 fully saturated rings. The normalized spacial score (nSPS) is 27.7. The van der Waals surface area contributed by atoms with Gasteiger partial charge in [0.1, 0.15) is 0 Å². The Morgan fingerprint density at radius 3 is 2.88 bits per heavy atom. The van der Waals surface area contributed by atoms with E-state index in [4.69, 9.17) is 0 Å². The van der Waals surface area contributed by atoms with Crippen LogP contribution in [0.2, 0.25) is 0 Å². The van der Waals surface area contributed by atoms with Gasteiger partial charge in [-0.1, -0.05) is 0 Å². The number of H-pyrrole nitrogens is 1. The zero-order valence-electron chi connectivity index (χ0n) is 14.9. The minimum absolute atomic E-state index is 0.0513. The zero-order chi connectivity index (χ0) is 17.4. The summed E-state index contributed by atoms with van der Waals surface area (Å²) >= 11 is 0. The summed E-state index contributed by atoms with van der Waals surface area (Å²) in [7, 11) is 2.12. The standard InChI is InChI=1S/C18H27N5O2/c1-22-10-11-23(12-18(22)7-6-15(24)19-9-8-18)17(25)16-13-4-2-3-5-14(13)20-21-16/h2-12H2,1H3,(H,19,24)(H,20,21). The molecule has 1 spiro atoms. The number of hydrogen-bond acceptors (Lipinski definition) is 4. The summed E-state index contributed by atoms with van der Waals surface area (Å²) in [4.78, 5) is 29.2. The highest BCUT2D eigenvalue weighted by Gasteiger charge is 2.43. The van der Waals surface area contributed by atoms with Gasteiger partial charge in [0.05, 0.1) is 0 Å². The van der Waals surface area contributed by atoms with E-state index in [-0.39, 0.29) is 17.4 Å². The van der Waals surface area contributed by atoms with E-state index in [1.54, 1.807) is 0 Å². The SMILES string of the molecule is CN1CCN(C(=O)c2n[nH]c3c2CCCC3)CC12CCNC(=O)CC2. The van der Waals surface area contributed by atoms with E-state index in [9.17, 15) is 9.59 Å². The number of carbonyl (C=O) groups excluding carboxylic acids is 2. The van der Waals surface area contributed by atoms with Crippen molar-refractivity contribution < 1.29 is 9.59 Å². The molecular weight excluding hydrogens is 318 g/mol. The third-order valence-corrected chi connectivity index (χ3v) is 6.28. The second kappa shape index (κ2) is 6.44. The fourth-order valence-electron chi connectivity index (χ4n) is 4.58. The van der Waals surface area contributed by atoms with Gasteiger partial charge in [0.15, 0.2) is 5.69 Å². The van der Waals surface area contributed by atoms with Gasteiger partial charge in [-0.25, -0.2) is 0 Å². The van der Waals surface area contributed by atoms with Crippen LogP contribution >= 0.6 is 0 Å². The first-order chi connectivity index (χ1) is 12.1. The first kappa shape index (κ1) is 16.6. The number of aryl methyl sites for hydroxylation is 1. The molecule has 2 amide bonds. The molecule has 3 aliphatic rings. The molecule has 7 nitrogen and oxygen atoms in total. The predicted molar refractivity (Wildman–Crippen MR) is 93.4 cm³/mol. The number of nitrogens with zero attached hydrogens (tertiary/aromatic N) is 3. The van der Waals surface area contributed by atoms with Gasteiger partial charge in [-0.15, -0.1) is 0 Å². The maximum atomic E-state index is 13.2. The number of likely N-dealkylation sites (N-methyl/N-ethyl adjacent to an activating group) is 1. The molecule has 2 aliphatic heterocycles. The lowest BCUT2D eigenvalue weighted by Gasteiger charge is -2.49. The van der Waals surface area contributed by atoms with Crippen molar-refractivity contribution in [2.24, 2.45) is 0 Å².